The molecule has 0 radical (unpaired) electrons. The van der Waals surface area contributed by atoms with Gasteiger partial charge in [-0.25, -0.2) is 0 Å². The molecule has 1 aliphatic heterocycles. The van der Waals surface area contributed by atoms with Crippen molar-refractivity contribution in [3.8, 4) is 33.4 Å². The molecule has 2 nitrogen and oxygen atoms in total. The molecule has 9 aromatic rings. The van der Waals surface area contributed by atoms with E-state index < -0.39 is 0 Å². The quantitative estimate of drug-likeness (QED) is 0.184. The molecule has 53 heavy (non-hydrogen) atoms. The van der Waals surface area contributed by atoms with Crippen molar-refractivity contribution in [1.29, 1.82) is 0 Å². The number of rotatable bonds is 4. The maximum atomic E-state index is 3.50. The summed E-state index contributed by atoms with van der Waals surface area (Å²) >= 11 is 0. The molecule has 0 bridgehead atoms. The fourth-order valence-corrected chi connectivity index (χ4v) is 9.19. The number of fused-ring (bicyclic) bond motifs is 7. The molecule has 1 unspecified atom stereocenters. The summed E-state index contributed by atoms with van der Waals surface area (Å²) in [6, 6.07) is 54.7. The Bertz CT molecular complexity index is 3030. The van der Waals surface area contributed by atoms with E-state index in [9.17, 15) is 0 Å². The lowest BCUT2D eigenvalue weighted by Gasteiger charge is -2.21. The lowest BCUT2D eigenvalue weighted by Crippen LogP contribution is -2.14. The minimum absolute atomic E-state index is 0.310. The topological polar surface area (TPSA) is 17.0 Å². The monoisotopic (exact) mass is 676 g/mol. The van der Waals surface area contributed by atoms with Crippen LogP contribution < -0.4 is 5.32 Å². The molecule has 1 aromatic heterocycles. The molecule has 0 saturated heterocycles. The van der Waals surface area contributed by atoms with Crippen LogP contribution >= 0.6 is 0 Å². The summed E-state index contributed by atoms with van der Waals surface area (Å²) in [5.41, 5.74) is 11.5. The maximum Gasteiger partial charge on any atom is 0.0560 e. The molecule has 0 saturated carbocycles. The van der Waals surface area contributed by atoms with Crippen molar-refractivity contribution in [1.82, 2.24) is 9.88 Å². The van der Waals surface area contributed by atoms with Crippen molar-refractivity contribution < 1.29 is 0 Å². The summed E-state index contributed by atoms with van der Waals surface area (Å²) in [7, 11) is 0. The minimum atomic E-state index is 0.310. The van der Waals surface area contributed by atoms with Crippen molar-refractivity contribution in [2.45, 2.75) is 19.0 Å². The Labute approximate surface area is 308 Å². The summed E-state index contributed by atoms with van der Waals surface area (Å²) in [6.45, 7) is 0.828. The van der Waals surface area contributed by atoms with E-state index in [1.165, 1.54) is 98.6 Å². The van der Waals surface area contributed by atoms with Crippen LogP contribution in [0.1, 0.15) is 23.7 Å². The molecule has 0 amide bonds. The van der Waals surface area contributed by atoms with E-state index in [2.05, 4.69) is 192 Å². The molecular formula is C51H36N2. The zero-order chi connectivity index (χ0) is 34.9. The van der Waals surface area contributed by atoms with Gasteiger partial charge in [0.2, 0.25) is 0 Å². The third kappa shape index (κ3) is 4.65. The van der Waals surface area contributed by atoms with Gasteiger partial charge in [-0.05, 0) is 113 Å². The Hall–Kier alpha value is -6.64. The van der Waals surface area contributed by atoms with Gasteiger partial charge < -0.3 is 9.88 Å². The summed E-state index contributed by atoms with van der Waals surface area (Å²) in [5, 5.41) is 14.9. The molecule has 1 atom stereocenters. The highest BCUT2D eigenvalue weighted by atomic mass is 15.0. The van der Waals surface area contributed by atoms with Gasteiger partial charge in [-0.2, -0.15) is 0 Å². The van der Waals surface area contributed by atoms with E-state index in [0.29, 0.717) is 6.04 Å². The first-order chi connectivity index (χ1) is 26.3. The van der Waals surface area contributed by atoms with Gasteiger partial charge in [0.1, 0.15) is 0 Å². The highest BCUT2D eigenvalue weighted by Crippen LogP contribution is 2.48. The summed E-state index contributed by atoms with van der Waals surface area (Å²) in [4.78, 5) is 0. The van der Waals surface area contributed by atoms with E-state index in [-0.39, 0.29) is 0 Å². The number of allylic oxidation sites excluding steroid dienone is 4. The smallest absolute Gasteiger partial charge is 0.0560 e. The second-order valence-corrected chi connectivity index (χ2v) is 14.4. The number of aromatic nitrogens is 1. The molecule has 8 aromatic carbocycles. The predicted octanol–water partition coefficient (Wildman–Crippen LogP) is 13.4. The standard InChI is InChI=1S/C51H36N2/c1-2-16-37(17-3-1)53-48-27-25-36(30-45(48)47-32-52-29-28-49(47)53)35-24-26-44-46(31-35)51(41-23-11-15-34-13-5-7-19-39(34)41)43-21-9-8-20-42(43)50(44)40-22-10-14-33-12-4-6-18-38(33)40/h1-16,18-31,37,52H,17,32H2. The summed E-state index contributed by atoms with van der Waals surface area (Å²) in [5.74, 6) is 0. The van der Waals surface area contributed by atoms with Gasteiger partial charge in [-0.15, -0.1) is 0 Å². The molecule has 2 heterocycles. The van der Waals surface area contributed by atoms with E-state index in [0.717, 1.165) is 13.0 Å². The highest BCUT2D eigenvalue weighted by Gasteiger charge is 2.23. The number of nitrogens with one attached hydrogen (secondary N) is 1. The Morgan fingerprint density at radius 3 is 1.77 bits per heavy atom. The molecule has 2 aliphatic rings. The van der Waals surface area contributed by atoms with E-state index in [1.807, 2.05) is 0 Å². The Morgan fingerprint density at radius 1 is 0.509 bits per heavy atom. The minimum Gasteiger partial charge on any atom is -0.387 e. The van der Waals surface area contributed by atoms with Crippen molar-refractivity contribution in [2.75, 3.05) is 0 Å². The molecule has 2 heteroatoms. The average molecular weight is 677 g/mol. The zero-order valence-corrected chi connectivity index (χ0v) is 29.3. The average Bonchev–Trinajstić information content (AvgIpc) is 3.56. The molecule has 1 aliphatic carbocycles. The number of hydrogen-bond donors (Lipinski definition) is 1. The Morgan fingerprint density at radius 2 is 1.09 bits per heavy atom. The normalized spacial score (nSPS) is 15.1. The molecule has 250 valence electrons. The van der Waals surface area contributed by atoms with Crippen molar-refractivity contribution in [3.05, 3.63) is 187 Å². The van der Waals surface area contributed by atoms with Crippen LogP contribution in [0.25, 0.3) is 93.4 Å². The van der Waals surface area contributed by atoms with E-state index in [4.69, 9.17) is 0 Å². The third-order valence-electron chi connectivity index (χ3n) is 11.6. The SMILES string of the molecule is C1=CCC(n2c3c(c4cc(-c5ccc6c(-c7cccc8ccccc78)c7ccccc7c(-c7cccc8ccccc78)c6c5)ccc42)CNC=C3)C=C1. The lowest BCUT2D eigenvalue weighted by atomic mass is 9.83. The first-order valence-electron chi connectivity index (χ1n) is 18.7. The predicted molar refractivity (Wildman–Crippen MR) is 226 cm³/mol. The first-order valence-corrected chi connectivity index (χ1v) is 18.7. The van der Waals surface area contributed by atoms with Gasteiger partial charge in [0.25, 0.3) is 0 Å². The fourth-order valence-electron chi connectivity index (χ4n) is 9.19. The van der Waals surface area contributed by atoms with E-state index in [1.54, 1.807) is 0 Å². The number of nitrogens with zero attached hydrogens (tertiary/aromatic N) is 1. The molecule has 11 rings (SSSR count). The van der Waals surface area contributed by atoms with Crippen LogP contribution in [0, 0.1) is 0 Å². The summed E-state index contributed by atoms with van der Waals surface area (Å²) < 4.78 is 2.54. The maximum absolute atomic E-state index is 3.50. The van der Waals surface area contributed by atoms with Crippen LogP contribution in [0.2, 0.25) is 0 Å². The van der Waals surface area contributed by atoms with Crippen molar-refractivity contribution in [2.24, 2.45) is 0 Å². The van der Waals surface area contributed by atoms with Crippen LogP contribution in [-0.4, -0.2) is 4.57 Å². The Kier molecular flexibility index (Phi) is 6.78. The van der Waals surface area contributed by atoms with Gasteiger partial charge in [0, 0.05) is 28.7 Å². The van der Waals surface area contributed by atoms with Gasteiger partial charge in [-0.3, -0.25) is 0 Å². The lowest BCUT2D eigenvalue weighted by molar-refractivity contribution is 0.619. The van der Waals surface area contributed by atoms with Crippen LogP contribution in [0.4, 0.5) is 0 Å². The number of hydrogen-bond acceptors (Lipinski definition) is 1. The third-order valence-corrected chi connectivity index (χ3v) is 11.6. The van der Waals surface area contributed by atoms with Gasteiger partial charge in [0.15, 0.2) is 0 Å². The van der Waals surface area contributed by atoms with Crippen LogP contribution in [0.15, 0.2) is 176 Å². The first kappa shape index (κ1) is 30.0. The van der Waals surface area contributed by atoms with Crippen LogP contribution in [0.5, 0.6) is 0 Å². The molecule has 0 fully saturated rings. The second-order valence-electron chi connectivity index (χ2n) is 14.4. The van der Waals surface area contributed by atoms with Gasteiger partial charge >= 0.3 is 0 Å². The van der Waals surface area contributed by atoms with Crippen LogP contribution in [0.3, 0.4) is 0 Å². The number of benzene rings is 8. The highest BCUT2D eigenvalue weighted by molar-refractivity contribution is 6.25. The second kappa shape index (κ2) is 12.0. The Balaban J connectivity index is 1.22. The van der Waals surface area contributed by atoms with Gasteiger partial charge in [0.05, 0.1) is 6.04 Å². The largest absolute Gasteiger partial charge is 0.387 e. The van der Waals surface area contributed by atoms with Gasteiger partial charge in [-0.1, -0.05) is 152 Å². The fraction of sp³-hybridized carbons (Fsp3) is 0.0588. The van der Waals surface area contributed by atoms with Crippen LogP contribution in [-0.2, 0) is 6.54 Å². The van der Waals surface area contributed by atoms with Crippen molar-refractivity contribution >= 4 is 60.1 Å². The summed E-state index contributed by atoms with van der Waals surface area (Å²) in [6.07, 6.45) is 14.3. The van der Waals surface area contributed by atoms with E-state index >= 15 is 0 Å². The zero-order valence-electron chi connectivity index (χ0n) is 29.3. The molecular weight excluding hydrogens is 641 g/mol. The molecule has 0 spiro atoms. The van der Waals surface area contributed by atoms with Crippen molar-refractivity contribution in [3.63, 3.8) is 0 Å². The molecule has 1 N–H and O–H groups in total.